The molecule has 4 heteroatoms. The Morgan fingerprint density at radius 1 is 1.71 bits per heavy atom. The molecular formula is C10H10N2OS. The van der Waals surface area contributed by atoms with E-state index in [-0.39, 0.29) is 12.0 Å². The largest absolute Gasteiger partial charge is 0.377 e. The summed E-state index contributed by atoms with van der Waals surface area (Å²) in [5, 5.41) is 19.2. The molecule has 0 aromatic carbocycles. The highest BCUT2D eigenvalue weighted by molar-refractivity contribution is 8.17. The van der Waals surface area contributed by atoms with Crippen LogP contribution in [0.2, 0.25) is 0 Å². The quantitative estimate of drug-likeness (QED) is 0.661. The summed E-state index contributed by atoms with van der Waals surface area (Å²) in [7, 11) is 0. The third kappa shape index (κ3) is 1.49. The lowest BCUT2D eigenvalue weighted by atomic mass is 9.91. The second kappa shape index (κ2) is 3.60. The lowest BCUT2D eigenvalue weighted by Crippen LogP contribution is -2.29. The van der Waals surface area contributed by atoms with E-state index in [0.717, 1.165) is 9.95 Å². The summed E-state index contributed by atoms with van der Waals surface area (Å²) in [5.74, 6) is -0.190. The summed E-state index contributed by atoms with van der Waals surface area (Å²) < 4.78 is 0. The number of nitriles is 1. The van der Waals surface area contributed by atoms with Crippen molar-refractivity contribution < 1.29 is 5.11 Å². The molecule has 0 saturated carbocycles. The monoisotopic (exact) mass is 206 g/mol. The van der Waals surface area contributed by atoms with Crippen LogP contribution < -0.4 is 0 Å². The summed E-state index contributed by atoms with van der Waals surface area (Å²) in [5.41, 5.74) is 0. The third-order valence-electron chi connectivity index (χ3n) is 2.33. The Morgan fingerprint density at radius 3 is 3.21 bits per heavy atom. The fourth-order valence-electron chi connectivity index (χ4n) is 1.67. The first-order chi connectivity index (χ1) is 6.72. The zero-order chi connectivity index (χ0) is 10.1. The van der Waals surface area contributed by atoms with E-state index in [4.69, 9.17) is 5.26 Å². The van der Waals surface area contributed by atoms with E-state index in [1.165, 1.54) is 0 Å². The highest BCUT2D eigenvalue weighted by atomic mass is 32.2. The van der Waals surface area contributed by atoms with Crippen LogP contribution in [0, 0.1) is 17.2 Å². The molecule has 0 bridgehead atoms. The molecule has 3 atom stereocenters. The van der Waals surface area contributed by atoms with Crippen LogP contribution in [0.25, 0.3) is 0 Å². The van der Waals surface area contributed by atoms with E-state index in [0.29, 0.717) is 0 Å². The first-order valence-corrected chi connectivity index (χ1v) is 5.22. The van der Waals surface area contributed by atoms with Crippen molar-refractivity contribution in [1.82, 2.24) is 0 Å². The van der Waals surface area contributed by atoms with Crippen LogP contribution in [0.3, 0.4) is 0 Å². The van der Waals surface area contributed by atoms with Crippen LogP contribution in [0.4, 0.5) is 0 Å². The van der Waals surface area contributed by atoms with Gasteiger partial charge in [0.15, 0.2) is 0 Å². The molecule has 0 aromatic rings. The highest BCUT2D eigenvalue weighted by Gasteiger charge is 2.34. The molecule has 2 rings (SSSR count). The Hall–Kier alpha value is -1.05. The average Bonchev–Trinajstić information content (AvgIpc) is 2.56. The number of nitrogens with zero attached hydrogens (tertiary/aromatic N) is 2. The SMILES string of the molecule is CC1=NC2C(=CC=CC2C(O)C#N)S1. The van der Waals surface area contributed by atoms with Gasteiger partial charge in [0.2, 0.25) is 0 Å². The van der Waals surface area contributed by atoms with E-state index in [9.17, 15) is 5.11 Å². The molecular weight excluding hydrogens is 196 g/mol. The predicted octanol–water partition coefficient (Wildman–Crippen LogP) is 1.47. The van der Waals surface area contributed by atoms with Crippen LogP contribution in [-0.4, -0.2) is 22.3 Å². The van der Waals surface area contributed by atoms with E-state index in [2.05, 4.69) is 4.99 Å². The minimum absolute atomic E-state index is 0.0420. The van der Waals surface area contributed by atoms with Crippen molar-refractivity contribution in [3.63, 3.8) is 0 Å². The van der Waals surface area contributed by atoms with Gasteiger partial charge >= 0.3 is 0 Å². The number of allylic oxidation sites excluding steroid dienone is 2. The van der Waals surface area contributed by atoms with Crippen LogP contribution >= 0.6 is 11.8 Å². The van der Waals surface area contributed by atoms with Gasteiger partial charge < -0.3 is 5.11 Å². The van der Waals surface area contributed by atoms with E-state index in [1.807, 2.05) is 31.2 Å². The normalized spacial score (nSPS) is 31.5. The van der Waals surface area contributed by atoms with Crippen molar-refractivity contribution >= 4 is 16.8 Å². The second-order valence-corrected chi connectivity index (χ2v) is 4.57. The Labute approximate surface area is 86.8 Å². The highest BCUT2D eigenvalue weighted by Crippen LogP contribution is 2.38. The molecule has 0 saturated heterocycles. The first kappa shape index (κ1) is 9.50. The maximum Gasteiger partial charge on any atom is 0.149 e. The second-order valence-electron chi connectivity index (χ2n) is 3.30. The molecule has 3 unspecified atom stereocenters. The summed E-state index contributed by atoms with van der Waals surface area (Å²) in [4.78, 5) is 5.54. The minimum Gasteiger partial charge on any atom is -0.377 e. The molecule has 1 aliphatic heterocycles. The third-order valence-corrected chi connectivity index (χ3v) is 3.35. The molecule has 0 spiro atoms. The van der Waals surface area contributed by atoms with Crippen molar-refractivity contribution in [2.75, 3.05) is 0 Å². The van der Waals surface area contributed by atoms with E-state index >= 15 is 0 Å². The number of hydrogen-bond donors (Lipinski definition) is 1. The minimum atomic E-state index is -0.963. The maximum absolute atomic E-state index is 9.50. The molecule has 72 valence electrons. The molecule has 1 N–H and O–H groups in total. The first-order valence-electron chi connectivity index (χ1n) is 4.40. The summed E-state index contributed by atoms with van der Waals surface area (Å²) in [6, 6.07) is 1.82. The lowest BCUT2D eigenvalue weighted by molar-refractivity contribution is 0.176. The van der Waals surface area contributed by atoms with Gasteiger partial charge in [-0.2, -0.15) is 5.26 Å². The summed E-state index contributed by atoms with van der Waals surface area (Å²) in [6.45, 7) is 1.94. The van der Waals surface area contributed by atoms with Crippen LogP contribution in [0.5, 0.6) is 0 Å². The summed E-state index contributed by atoms with van der Waals surface area (Å²) in [6.07, 6.45) is 4.77. The van der Waals surface area contributed by atoms with E-state index < -0.39 is 6.10 Å². The molecule has 14 heavy (non-hydrogen) atoms. The predicted molar refractivity (Wildman–Crippen MR) is 56.8 cm³/mol. The molecule has 0 fully saturated rings. The average molecular weight is 206 g/mol. The van der Waals surface area contributed by atoms with Gasteiger partial charge in [-0.3, -0.25) is 4.99 Å². The van der Waals surface area contributed by atoms with Crippen molar-refractivity contribution in [3.8, 4) is 6.07 Å². The molecule has 0 aromatic heterocycles. The number of fused-ring (bicyclic) bond motifs is 1. The Bertz CT molecular complexity index is 378. The Kier molecular flexibility index (Phi) is 2.44. The van der Waals surface area contributed by atoms with Crippen molar-refractivity contribution in [2.24, 2.45) is 10.9 Å². The standard InChI is InChI=1S/C10H10N2OS/c1-6-12-10-7(8(13)5-11)3-2-4-9(10)14-6/h2-4,7-8,10,13H,1H3. The van der Waals surface area contributed by atoms with Gasteiger partial charge in [0.05, 0.1) is 17.2 Å². The van der Waals surface area contributed by atoms with Crippen LogP contribution in [0.1, 0.15) is 6.92 Å². The fourth-order valence-corrected chi connectivity index (χ4v) is 2.66. The lowest BCUT2D eigenvalue weighted by Gasteiger charge is -2.22. The number of aliphatic hydroxyl groups excluding tert-OH is 1. The fraction of sp³-hybridized carbons (Fsp3) is 0.400. The van der Waals surface area contributed by atoms with Gasteiger partial charge in [0.1, 0.15) is 6.10 Å². The molecule has 3 nitrogen and oxygen atoms in total. The molecule has 1 aliphatic carbocycles. The zero-order valence-corrected chi connectivity index (χ0v) is 8.53. The molecule has 0 radical (unpaired) electrons. The number of thioether (sulfide) groups is 1. The Balaban J connectivity index is 2.27. The van der Waals surface area contributed by atoms with Gasteiger partial charge in [-0.15, -0.1) is 0 Å². The molecule has 1 heterocycles. The van der Waals surface area contributed by atoms with Gasteiger partial charge in [0.25, 0.3) is 0 Å². The van der Waals surface area contributed by atoms with Crippen molar-refractivity contribution in [2.45, 2.75) is 19.1 Å². The van der Waals surface area contributed by atoms with Gasteiger partial charge in [-0.05, 0) is 6.92 Å². The zero-order valence-electron chi connectivity index (χ0n) is 7.71. The topological polar surface area (TPSA) is 56.4 Å². The number of rotatable bonds is 1. The number of aliphatic hydroxyl groups is 1. The summed E-state index contributed by atoms with van der Waals surface area (Å²) >= 11 is 1.62. The van der Waals surface area contributed by atoms with Crippen molar-refractivity contribution in [1.29, 1.82) is 5.26 Å². The van der Waals surface area contributed by atoms with Crippen molar-refractivity contribution in [3.05, 3.63) is 23.1 Å². The maximum atomic E-state index is 9.50. The van der Waals surface area contributed by atoms with Gasteiger partial charge in [-0.25, -0.2) is 0 Å². The Morgan fingerprint density at radius 2 is 2.50 bits per heavy atom. The van der Waals surface area contributed by atoms with Crippen LogP contribution in [-0.2, 0) is 0 Å². The van der Waals surface area contributed by atoms with E-state index in [1.54, 1.807) is 11.8 Å². The molecule has 0 amide bonds. The molecule has 2 aliphatic rings. The van der Waals surface area contributed by atoms with Crippen LogP contribution in [0.15, 0.2) is 28.1 Å². The van der Waals surface area contributed by atoms with Gasteiger partial charge in [0, 0.05) is 10.8 Å². The number of aliphatic imine (C=N–C) groups is 1. The van der Waals surface area contributed by atoms with Gasteiger partial charge in [-0.1, -0.05) is 30.0 Å². The smallest absolute Gasteiger partial charge is 0.149 e. The number of hydrogen-bond acceptors (Lipinski definition) is 4.